The number of fused-ring (bicyclic) bond motifs is 2. The van der Waals surface area contributed by atoms with E-state index in [2.05, 4.69) is 26.5 Å². The SMILES string of the molecule is FCc1ccccc1-c1nc(Nc2n[nH]c3ccccc23)c2cccc(N3CCOCC3)c2n1. The van der Waals surface area contributed by atoms with Gasteiger partial charge in [0.15, 0.2) is 11.6 Å². The number of halogens is 1. The lowest BCUT2D eigenvalue weighted by atomic mass is 10.1. The van der Waals surface area contributed by atoms with Crippen LogP contribution in [0.1, 0.15) is 5.56 Å². The Morgan fingerprint density at radius 1 is 0.882 bits per heavy atom. The minimum atomic E-state index is -0.588. The predicted octanol–water partition coefficient (Wildman–Crippen LogP) is 5.22. The third-order valence-electron chi connectivity index (χ3n) is 6.17. The molecule has 3 aromatic carbocycles. The van der Waals surface area contributed by atoms with Gasteiger partial charge in [-0.3, -0.25) is 5.10 Å². The number of anilines is 3. The Morgan fingerprint density at radius 3 is 2.56 bits per heavy atom. The standard InChI is InChI=1S/C26H23FN6O/c27-16-17-6-1-2-7-18(17)24-28-23-20(9-5-11-22(23)33-12-14-34-15-13-33)25(29-24)30-26-19-8-3-4-10-21(19)31-32-26/h1-11H,12-16H2,(H2,28,29,30,31,32). The number of nitrogens with one attached hydrogen (secondary N) is 2. The van der Waals surface area contributed by atoms with Crippen LogP contribution in [0.2, 0.25) is 0 Å². The molecule has 0 amide bonds. The molecule has 34 heavy (non-hydrogen) atoms. The summed E-state index contributed by atoms with van der Waals surface area (Å²) in [5.74, 6) is 1.78. The summed E-state index contributed by atoms with van der Waals surface area (Å²) in [6.45, 7) is 2.32. The zero-order chi connectivity index (χ0) is 22.9. The van der Waals surface area contributed by atoms with Gasteiger partial charge in [0.2, 0.25) is 0 Å². The van der Waals surface area contributed by atoms with Crippen molar-refractivity contribution in [2.45, 2.75) is 6.67 Å². The second-order valence-electron chi connectivity index (χ2n) is 8.20. The van der Waals surface area contributed by atoms with E-state index >= 15 is 0 Å². The molecule has 1 fully saturated rings. The topological polar surface area (TPSA) is 79.0 Å². The normalized spacial score (nSPS) is 14.1. The van der Waals surface area contributed by atoms with Gasteiger partial charge in [-0.1, -0.05) is 42.5 Å². The third-order valence-corrected chi connectivity index (χ3v) is 6.17. The second-order valence-corrected chi connectivity index (χ2v) is 8.20. The molecule has 0 radical (unpaired) electrons. The van der Waals surface area contributed by atoms with Crippen molar-refractivity contribution in [3.05, 3.63) is 72.3 Å². The molecule has 2 N–H and O–H groups in total. The number of nitrogens with zero attached hydrogens (tertiary/aromatic N) is 4. The van der Waals surface area contributed by atoms with E-state index in [1.807, 2.05) is 54.6 Å². The van der Waals surface area contributed by atoms with E-state index in [9.17, 15) is 4.39 Å². The minimum absolute atomic E-state index is 0.476. The summed E-state index contributed by atoms with van der Waals surface area (Å²) in [5.41, 5.74) is 3.99. The predicted molar refractivity (Wildman–Crippen MR) is 132 cm³/mol. The van der Waals surface area contributed by atoms with Crippen LogP contribution in [0.5, 0.6) is 0 Å². The number of rotatable bonds is 5. The summed E-state index contributed by atoms with van der Waals surface area (Å²) in [6, 6.07) is 21.3. The van der Waals surface area contributed by atoms with Gasteiger partial charge in [-0.25, -0.2) is 14.4 Å². The van der Waals surface area contributed by atoms with E-state index < -0.39 is 6.67 Å². The van der Waals surface area contributed by atoms with E-state index in [1.165, 1.54) is 0 Å². The van der Waals surface area contributed by atoms with Gasteiger partial charge in [0.05, 0.1) is 29.9 Å². The molecule has 3 heterocycles. The molecular formula is C26H23FN6O. The van der Waals surface area contributed by atoms with Crippen LogP contribution >= 0.6 is 0 Å². The number of benzene rings is 3. The quantitative estimate of drug-likeness (QED) is 0.379. The number of H-pyrrole nitrogens is 1. The van der Waals surface area contributed by atoms with Crippen molar-refractivity contribution < 1.29 is 9.13 Å². The number of hydrogen-bond acceptors (Lipinski definition) is 6. The summed E-state index contributed by atoms with van der Waals surface area (Å²) >= 11 is 0. The molecule has 0 saturated carbocycles. The van der Waals surface area contributed by atoms with Crippen LogP contribution < -0.4 is 10.2 Å². The minimum Gasteiger partial charge on any atom is -0.378 e. The van der Waals surface area contributed by atoms with E-state index in [0.29, 0.717) is 41.8 Å². The fraction of sp³-hybridized carbons (Fsp3) is 0.192. The van der Waals surface area contributed by atoms with Crippen LogP contribution in [0.4, 0.5) is 21.7 Å². The van der Waals surface area contributed by atoms with Gasteiger partial charge in [-0.15, -0.1) is 0 Å². The molecule has 0 bridgehead atoms. The first-order valence-electron chi connectivity index (χ1n) is 11.3. The molecule has 5 aromatic rings. The molecule has 0 atom stereocenters. The Morgan fingerprint density at radius 2 is 1.68 bits per heavy atom. The van der Waals surface area contributed by atoms with Crippen molar-refractivity contribution in [2.24, 2.45) is 0 Å². The molecule has 8 heteroatoms. The number of alkyl halides is 1. The molecular weight excluding hydrogens is 431 g/mol. The molecule has 1 aliphatic heterocycles. The molecule has 1 saturated heterocycles. The molecule has 170 valence electrons. The van der Waals surface area contributed by atoms with E-state index in [1.54, 1.807) is 6.07 Å². The molecule has 0 spiro atoms. The number of ether oxygens (including phenoxy) is 1. The van der Waals surface area contributed by atoms with Crippen LogP contribution in [-0.2, 0) is 11.4 Å². The van der Waals surface area contributed by atoms with Crippen molar-refractivity contribution in [1.29, 1.82) is 0 Å². The molecule has 0 unspecified atom stereocenters. The lowest BCUT2D eigenvalue weighted by Crippen LogP contribution is -2.36. The van der Waals surface area contributed by atoms with Crippen LogP contribution in [0.25, 0.3) is 33.2 Å². The van der Waals surface area contributed by atoms with E-state index in [0.717, 1.165) is 40.6 Å². The van der Waals surface area contributed by atoms with Gasteiger partial charge < -0.3 is 15.0 Å². The maximum atomic E-state index is 13.8. The lowest BCUT2D eigenvalue weighted by Gasteiger charge is -2.29. The Balaban J connectivity index is 1.56. The Labute approximate surface area is 195 Å². The molecule has 2 aromatic heterocycles. The molecule has 0 aliphatic carbocycles. The van der Waals surface area contributed by atoms with E-state index in [4.69, 9.17) is 14.7 Å². The van der Waals surface area contributed by atoms with Crippen LogP contribution in [0.15, 0.2) is 66.7 Å². The molecule has 1 aliphatic rings. The van der Waals surface area contributed by atoms with Gasteiger partial charge in [0.25, 0.3) is 0 Å². The zero-order valence-electron chi connectivity index (χ0n) is 18.5. The summed E-state index contributed by atoms with van der Waals surface area (Å²) < 4.78 is 19.4. The highest BCUT2D eigenvalue weighted by molar-refractivity contribution is 6.01. The Hall–Kier alpha value is -4.04. The first-order valence-corrected chi connectivity index (χ1v) is 11.3. The molecule has 6 rings (SSSR count). The summed E-state index contributed by atoms with van der Waals surface area (Å²) in [6.07, 6.45) is 0. The number of para-hydroxylation sites is 2. The van der Waals surface area contributed by atoms with Crippen molar-refractivity contribution in [3.63, 3.8) is 0 Å². The third kappa shape index (κ3) is 3.62. The van der Waals surface area contributed by atoms with Gasteiger partial charge in [0.1, 0.15) is 12.5 Å². The lowest BCUT2D eigenvalue weighted by molar-refractivity contribution is 0.123. The number of morpholine rings is 1. The van der Waals surface area contributed by atoms with Crippen molar-refractivity contribution in [1.82, 2.24) is 20.2 Å². The van der Waals surface area contributed by atoms with Gasteiger partial charge >= 0.3 is 0 Å². The Bertz CT molecular complexity index is 1480. The number of hydrogen-bond donors (Lipinski definition) is 2. The second kappa shape index (κ2) is 8.72. The Kier molecular flexibility index (Phi) is 5.27. The fourth-order valence-corrected chi connectivity index (χ4v) is 4.44. The van der Waals surface area contributed by atoms with Gasteiger partial charge in [0, 0.05) is 29.4 Å². The van der Waals surface area contributed by atoms with Crippen molar-refractivity contribution >= 4 is 39.1 Å². The van der Waals surface area contributed by atoms with Crippen molar-refractivity contribution in [2.75, 3.05) is 36.5 Å². The smallest absolute Gasteiger partial charge is 0.162 e. The summed E-state index contributed by atoms with van der Waals surface area (Å²) in [7, 11) is 0. The number of aromatic nitrogens is 4. The van der Waals surface area contributed by atoms with Crippen LogP contribution in [0.3, 0.4) is 0 Å². The first kappa shape index (κ1) is 20.6. The highest BCUT2D eigenvalue weighted by Gasteiger charge is 2.20. The largest absolute Gasteiger partial charge is 0.378 e. The zero-order valence-corrected chi connectivity index (χ0v) is 18.5. The van der Waals surface area contributed by atoms with Gasteiger partial charge in [-0.2, -0.15) is 5.10 Å². The average molecular weight is 455 g/mol. The maximum Gasteiger partial charge on any atom is 0.162 e. The van der Waals surface area contributed by atoms with Crippen molar-refractivity contribution in [3.8, 4) is 11.4 Å². The monoisotopic (exact) mass is 454 g/mol. The summed E-state index contributed by atoms with van der Waals surface area (Å²) in [5, 5.41) is 12.8. The average Bonchev–Trinajstić information content (AvgIpc) is 3.31. The van der Waals surface area contributed by atoms with Crippen LogP contribution in [0, 0.1) is 0 Å². The van der Waals surface area contributed by atoms with E-state index in [-0.39, 0.29) is 0 Å². The maximum absolute atomic E-state index is 13.8. The summed E-state index contributed by atoms with van der Waals surface area (Å²) in [4.78, 5) is 12.1. The van der Waals surface area contributed by atoms with Crippen LogP contribution in [-0.4, -0.2) is 46.5 Å². The number of aromatic amines is 1. The highest BCUT2D eigenvalue weighted by atomic mass is 19.1. The first-order chi connectivity index (χ1) is 16.8. The highest BCUT2D eigenvalue weighted by Crippen LogP contribution is 2.35. The molecule has 7 nitrogen and oxygen atoms in total. The fourth-order valence-electron chi connectivity index (χ4n) is 4.44. The van der Waals surface area contributed by atoms with Gasteiger partial charge in [-0.05, 0) is 29.8 Å².